The topological polar surface area (TPSA) is 90.0 Å². The number of nitrogens with one attached hydrogen (secondary N) is 1. The Balaban J connectivity index is 1.80. The first kappa shape index (κ1) is 17.6. The Morgan fingerprint density at radius 3 is 2.54 bits per heavy atom. The van der Waals surface area contributed by atoms with E-state index in [1.807, 2.05) is 24.3 Å². The molecule has 7 nitrogen and oxygen atoms in total. The fourth-order valence-electron chi connectivity index (χ4n) is 2.57. The molecule has 0 saturated carbocycles. The minimum Gasteiger partial charge on any atom is -0.332 e. The van der Waals surface area contributed by atoms with Gasteiger partial charge in [0, 0.05) is 11.8 Å². The van der Waals surface area contributed by atoms with Crippen LogP contribution in [-0.4, -0.2) is 20.6 Å². The van der Waals surface area contributed by atoms with Crippen molar-refractivity contribution in [1.82, 2.24) is 14.7 Å². The van der Waals surface area contributed by atoms with Crippen LogP contribution in [0.4, 0.5) is 5.69 Å². The molecule has 1 amide bonds. The smallest absolute Gasteiger partial charge is 0.274 e. The van der Waals surface area contributed by atoms with Crippen LogP contribution in [0.1, 0.15) is 31.2 Å². The Morgan fingerprint density at radius 1 is 1.19 bits per heavy atom. The van der Waals surface area contributed by atoms with Gasteiger partial charge in [0.25, 0.3) is 11.4 Å². The van der Waals surface area contributed by atoms with Crippen molar-refractivity contribution in [2.45, 2.75) is 33.2 Å². The number of nitrogens with zero attached hydrogens (tertiary/aromatic N) is 3. The Bertz CT molecular complexity index is 971. The van der Waals surface area contributed by atoms with E-state index in [0.29, 0.717) is 23.1 Å². The molecule has 0 radical (unpaired) electrons. The van der Waals surface area contributed by atoms with Crippen LogP contribution in [0.3, 0.4) is 0 Å². The van der Waals surface area contributed by atoms with E-state index in [9.17, 15) is 9.59 Å². The minimum atomic E-state index is -0.316. The van der Waals surface area contributed by atoms with Crippen molar-refractivity contribution in [2.24, 2.45) is 0 Å². The third-order valence-electron chi connectivity index (χ3n) is 3.96. The summed E-state index contributed by atoms with van der Waals surface area (Å²) in [5.74, 6) is 0.767. The maximum Gasteiger partial charge on any atom is 0.274 e. The average molecular weight is 352 g/mol. The Labute approximate surface area is 150 Å². The van der Waals surface area contributed by atoms with Crippen molar-refractivity contribution in [3.8, 4) is 11.6 Å². The SMILES string of the molecule is Cc1noc(-c2cccc(=O)n2CC(=O)Nc2ccc(C(C)C)cc2)n1. The first-order valence-electron chi connectivity index (χ1n) is 8.34. The predicted molar refractivity (Wildman–Crippen MR) is 97.9 cm³/mol. The van der Waals surface area contributed by atoms with Crippen molar-refractivity contribution in [3.05, 3.63) is 64.2 Å². The molecule has 0 saturated heterocycles. The summed E-state index contributed by atoms with van der Waals surface area (Å²) >= 11 is 0. The summed E-state index contributed by atoms with van der Waals surface area (Å²) in [6, 6.07) is 12.3. The van der Waals surface area contributed by atoms with Crippen LogP contribution in [0.5, 0.6) is 0 Å². The lowest BCUT2D eigenvalue weighted by Gasteiger charge is -2.11. The number of hydrogen-bond donors (Lipinski definition) is 1. The third kappa shape index (κ3) is 3.88. The molecule has 0 bridgehead atoms. The fourth-order valence-corrected chi connectivity index (χ4v) is 2.57. The zero-order chi connectivity index (χ0) is 18.7. The molecule has 0 aliphatic carbocycles. The highest BCUT2D eigenvalue weighted by Crippen LogP contribution is 2.18. The van der Waals surface area contributed by atoms with Crippen LogP contribution in [0.15, 0.2) is 51.8 Å². The summed E-state index contributed by atoms with van der Waals surface area (Å²) in [6.07, 6.45) is 0. The summed E-state index contributed by atoms with van der Waals surface area (Å²) < 4.78 is 6.44. The summed E-state index contributed by atoms with van der Waals surface area (Å²) in [4.78, 5) is 28.8. The Hall–Kier alpha value is -3.22. The van der Waals surface area contributed by atoms with E-state index in [1.54, 1.807) is 19.1 Å². The molecule has 0 fully saturated rings. The van der Waals surface area contributed by atoms with Crippen LogP contribution in [0.25, 0.3) is 11.6 Å². The molecule has 134 valence electrons. The zero-order valence-corrected chi connectivity index (χ0v) is 14.9. The first-order chi connectivity index (χ1) is 12.4. The van der Waals surface area contributed by atoms with Gasteiger partial charge in [-0.1, -0.05) is 37.2 Å². The molecule has 0 aliphatic heterocycles. The van der Waals surface area contributed by atoms with E-state index in [1.165, 1.54) is 16.2 Å². The van der Waals surface area contributed by atoms with Crippen molar-refractivity contribution in [3.63, 3.8) is 0 Å². The van der Waals surface area contributed by atoms with Gasteiger partial charge in [0.1, 0.15) is 12.2 Å². The number of carbonyl (C=O) groups is 1. The van der Waals surface area contributed by atoms with Gasteiger partial charge in [-0.25, -0.2) is 0 Å². The van der Waals surface area contributed by atoms with Gasteiger partial charge in [-0.15, -0.1) is 0 Å². The number of carbonyl (C=O) groups excluding carboxylic acids is 1. The number of benzene rings is 1. The van der Waals surface area contributed by atoms with Gasteiger partial charge in [-0.3, -0.25) is 14.2 Å². The molecule has 0 spiro atoms. The minimum absolute atomic E-state index is 0.150. The normalized spacial score (nSPS) is 10.9. The van der Waals surface area contributed by atoms with Gasteiger partial charge in [-0.2, -0.15) is 4.98 Å². The number of anilines is 1. The maximum absolute atomic E-state index is 12.4. The van der Waals surface area contributed by atoms with Crippen LogP contribution in [-0.2, 0) is 11.3 Å². The number of hydrogen-bond acceptors (Lipinski definition) is 5. The van der Waals surface area contributed by atoms with Crippen molar-refractivity contribution in [1.29, 1.82) is 0 Å². The molecule has 2 aromatic heterocycles. The highest BCUT2D eigenvalue weighted by molar-refractivity contribution is 5.90. The highest BCUT2D eigenvalue weighted by atomic mass is 16.5. The number of amides is 1. The number of pyridine rings is 1. The van der Waals surface area contributed by atoms with Gasteiger partial charge in [0.2, 0.25) is 5.91 Å². The molecular weight excluding hydrogens is 332 g/mol. The maximum atomic E-state index is 12.4. The Kier molecular flexibility index (Phi) is 4.97. The lowest BCUT2D eigenvalue weighted by atomic mass is 10.0. The van der Waals surface area contributed by atoms with E-state index in [-0.39, 0.29) is 23.9 Å². The largest absolute Gasteiger partial charge is 0.332 e. The molecule has 0 unspecified atom stereocenters. The summed E-state index contributed by atoms with van der Waals surface area (Å²) in [5.41, 5.74) is 1.96. The molecule has 1 aromatic carbocycles. The molecule has 1 N–H and O–H groups in total. The molecule has 0 aliphatic rings. The average Bonchev–Trinajstić information content (AvgIpc) is 3.03. The van der Waals surface area contributed by atoms with Gasteiger partial charge in [0.05, 0.1) is 0 Å². The van der Waals surface area contributed by atoms with Crippen LogP contribution >= 0.6 is 0 Å². The molecule has 3 rings (SSSR count). The molecule has 7 heteroatoms. The predicted octanol–water partition coefficient (Wildman–Crippen LogP) is 2.97. The van der Waals surface area contributed by atoms with Crippen LogP contribution < -0.4 is 10.9 Å². The summed E-state index contributed by atoms with van der Waals surface area (Å²) in [6.45, 7) is 5.75. The third-order valence-corrected chi connectivity index (χ3v) is 3.96. The van der Waals surface area contributed by atoms with E-state index < -0.39 is 0 Å². The number of aryl methyl sites for hydroxylation is 1. The lowest BCUT2D eigenvalue weighted by Crippen LogP contribution is -2.28. The van der Waals surface area contributed by atoms with E-state index >= 15 is 0 Å². The quantitative estimate of drug-likeness (QED) is 0.762. The molecule has 26 heavy (non-hydrogen) atoms. The monoisotopic (exact) mass is 352 g/mol. The van der Waals surface area contributed by atoms with E-state index in [4.69, 9.17) is 4.52 Å². The molecule has 2 heterocycles. The molecule has 0 atom stereocenters. The summed E-state index contributed by atoms with van der Waals surface area (Å²) in [5, 5.41) is 6.53. The van der Waals surface area contributed by atoms with Crippen molar-refractivity contribution in [2.75, 3.05) is 5.32 Å². The van der Waals surface area contributed by atoms with E-state index in [2.05, 4.69) is 29.3 Å². The van der Waals surface area contributed by atoms with Crippen molar-refractivity contribution >= 4 is 11.6 Å². The second-order valence-electron chi connectivity index (χ2n) is 6.31. The van der Waals surface area contributed by atoms with Crippen LogP contribution in [0.2, 0.25) is 0 Å². The van der Waals surface area contributed by atoms with Crippen LogP contribution in [0, 0.1) is 6.92 Å². The van der Waals surface area contributed by atoms with E-state index in [0.717, 1.165) is 0 Å². The lowest BCUT2D eigenvalue weighted by molar-refractivity contribution is -0.116. The fraction of sp³-hybridized carbons (Fsp3) is 0.263. The second-order valence-corrected chi connectivity index (χ2v) is 6.31. The van der Waals surface area contributed by atoms with Gasteiger partial charge >= 0.3 is 0 Å². The van der Waals surface area contributed by atoms with Gasteiger partial charge in [-0.05, 0) is 36.6 Å². The molecule has 3 aromatic rings. The number of aromatic nitrogens is 3. The highest BCUT2D eigenvalue weighted by Gasteiger charge is 2.15. The molecular formula is C19H20N4O3. The van der Waals surface area contributed by atoms with Gasteiger partial charge < -0.3 is 9.84 Å². The summed E-state index contributed by atoms with van der Waals surface area (Å²) in [7, 11) is 0. The second kappa shape index (κ2) is 7.35. The van der Waals surface area contributed by atoms with Gasteiger partial charge in [0.15, 0.2) is 5.82 Å². The zero-order valence-electron chi connectivity index (χ0n) is 14.9. The van der Waals surface area contributed by atoms with Crippen molar-refractivity contribution < 1.29 is 9.32 Å². The number of rotatable bonds is 5. The standard InChI is InChI=1S/C19H20N4O3/c1-12(2)14-7-9-15(10-8-14)21-17(24)11-23-16(5-4-6-18(23)25)19-20-13(3)22-26-19/h4-10,12H,11H2,1-3H3,(H,21,24). The first-order valence-corrected chi connectivity index (χ1v) is 8.34. The Morgan fingerprint density at radius 2 is 1.92 bits per heavy atom.